The van der Waals surface area contributed by atoms with E-state index in [0.29, 0.717) is 35.8 Å². The minimum atomic E-state index is -1.96. The summed E-state index contributed by atoms with van der Waals surface area (Å²) in [5.74, 6) is 4.25. The quantitative estimate of drug-likeness (QED) is 0.0564. The van der Waals surface area contributed by atoms with Crippen LogP contribution in [0, 0.1) is 0 Å². The van der Waals surface area contributed by atoms with Gasteiger partial charge in [0.1, 0.15) is 37.9 Å². The Kier molecular flexibility index (Phi) is 21.5. The summed E-state index contributed by atoms with van der Waals surface area (Å²) >= 11 is 3.43. The van der Waals surface area contributed by atoms with Crippen molar-refractivity contribution in [3.63, 3.8) is 0 Å². The first-order chi connectivity index (χ1) is 24.4. The number of carbonyl (C=O) groups is 2. The molecule has 2 atom stereocenters. The van der Waals surface area contributed by atoms with Crippen molar-refractivity contribution in [2.24, 2.45) is 0 Å². The number of ether oxygens (including phenoxy) is 4. The van der Waals surface area contributed by atoms with Gasteiger partial charge in [-0.2, -0.15) is 23.5 Å². The van der Waals surface area contributed by atoms with E-state index in [1.165, 1.54) is 0 Å². The summed E-state index contributed by atoms with van der Waals surface area (Å²) in [6, 6.07) is 17.7. The standard InChI is InChI=1S/C37H60O10S2Si2/c1-37(2,31-9-13-33(14-10-31)44-19-21-46-35(40)17-25-48-23-7-27-50(5,29-38)42-3)32-11-15-34(16-12-32)45-20-22-47-36(41)18-26-49-24-8-28-51(6,30-39)43-4/h9-16,38-39H,7-8,17-30H2,1-6H3. The minimum Gasteiger partial charge on any atom is -0.490 e. The van der Waals surface area contributed by atoms with Gasteiger partial charge in [0.15, 0.2) is 0 Å². The van der Waals surface area contributed by atoms with Gasteiger partial charge in [0.2, 0.25) is 16.6 Å². The summed E-state index contributed by atoms with van der Waals surface area (Å²) in [4.78, 5) is 24.1. The summed E-state index contributed by atoms with van der Waals surface area (Å²) in [6.45, 7) is 9.35. The van der Waals surface area contributed by atoms with Gasteiger partial charge in [0.25, 0.3) is 0 Å². The molecule has 0 saturated heterocycles. The number of benzene rings is 2. The molecule has 2 aromatic carbocycles. The molecule has 51 heavy (non-hydrogen) atoms. The van der Waals surface area contributed by atoms with E-state index in [4.69, 9.17) is 27.8 Å². The van der Waals surface area contributed by atoms with E-state index in [-0.39, 0.29) is 56.2 Å². The predicted molar refractivity (Wildman–Crippen MR) is 212 cm³/mol. The zero-order valence-corrected chi connectivity index (χ0v) is 35.0. The first-order valence-corrected chi connectivity index (χ1v) is 25.6. The molecular formula is C37H60O10S2Si2. The number of aliphatic hydroxyl groups is 2. The molecule has 2 unspecified atom stereocenters. The molecule has 288 valence electrons. The lowest BCUT2D eigenvalue weighted by atomic mass is 9.78. The van der Waals surface area contributed by atoms with Crippen LogP contribution in [0.5, 0.6) is 11.5 Å². The van der Waals surface area contributed by atoms with Gasteiger partial charge in [-0.1, -0.05) is 38.1 Å². The Morgan fingerprint density at radius 3 is 1.33 bits per heavy atom. The van der Waals surface area contributed by atoms with Gasteiger partial charge in [-0.15, -0.1) is 0 Å². The van der Waals surface area contributed by atoms with Crippen LogP contribution in [0.1, 0.15) is 50.7 Å². The molecule has 10 nitrogen and oxygen atoms in total. The topological polar surface area (TPSA) is 130 Å². The molecule has 0 spiro atoms. The molecule has 14 heteroatoms. The molecule has 2 rings (SSSR count). The number of rotatable bonds is 28. The first-order valence-electron chi connectivity index (χ1n) is 17.7. The highest BCUT2D eigenvalue weighted by atomic mass is 32.2. The van der Waals surface area contributed by atoms with Crippen LogP contribution in [0.4, 0.5) is 0 Å². The van der Waals surface area contributed by atoms with Crippen molar-refractivity contribution in [3.05, 3.63) is 59.7 Å². The summed E-state index contributed by atoms with van der Waals surface area (Å²) in [6.07, 6.45) is 2.93. The molecule has 0 radical (unpaired) electrons. The molecule has 2 aromatic rings. The van der Waals surface area contributed by atoms with Crippen LogP contribution in [0.2, 0.25) is 25.2 Å². The van der Waals surface area contributed by atoms with E-state index in [1.54, 1.807) is 37.7 Å². The van der Waals surface area contributed by atoms with Crippen molar-refractivity contribution in [3.8, 4) is 11.5 Å². The lowest BCUT2D eigenvalue weighted by Crippen LogP contribution is -2.38. The maximum Gasteiger partial charge on any atom is 0.306 e. The van der Waals surface area contributed by atoms with E-state index in [1.807, 2.05) is 61.6 Å². The Bertz CT molecular complexity index is 1160. The first kappa shape index (κ1) is 45.1. The van der Waals surface area contributed by atoms with Crippen molar-refractivity contribution in [2.45, 2.75) is 70.1 Å². The Morgan fingerprint density at radius 2 is 1.00 bits per heavy atom. The largest absolute Gasteiger partial charge is 0.490 e. The Balaban J connectivity index is 1.61. The Labute approximate surface area is 315 Å². The maximum absolute atomic E-state index is 12.1. The molecule has 0 aliphatic rings. The highest BCUT2D eigenvalue weighted by Gasteiger charge is 2.27. The highest BCUT2D eigenvalue weighted by Crippen LogP contribution is 2.33. The van der Waals surface area contributed by atoms with Crippen LogP contribution < -0.4 is 9.47 Å². The maximum atomic E-state index is 12.1. The van der Waals surface area contributed by atoms with E-state index in [2.05, 4.69) is 13.8 Å². The fraction of sp³-hybridized carbons (Fsp3) is 0.622. The monoisotopic (exact) mass is 784 g/mol. The second-order valence-electron chi connectivity index (χ2n) is 13.4. The fourth-order valence-electron chi connectivity index (χ4n) is 4.98. The zero-order valence-electron chi connectivity index (χ0n) is 31.4. The van der Waals surface area contributed by atoms with Crippen LogP contribution in [0.25, 0.3) is 0 Å². The fourth-order valence-corrected chi connectivity index (χ4v) is 10.1. The summed E-state index contributed by atoms with van der Waals surface area (Å²) in [7, 11) is -0.579. The van der Waals surface area contributed by atoms with Gasteiger partial charge in [-0.3, -0.25) is 9.59 Å². The molecule has 2 N–H and O–H groups in total. The van der Waals surface area contributed by atoms with Gasteiger partial charge < -0.3 is 38.0 Å². The lowest BCUT2D eigenvalue weighted by molar-refractivity contribution is -0.144. The number of aliphatic hydroxyl groups excluding tert-OH is 2. The van der Waals surface area contributed by atoms with Crippen LogP contribution >= 0.6 is 23.5 Å². The molecule has 0 saturated carbocycles. The summed E-state index contributed by atoms with van der Waals surface area (Å²) in [5.41, 5.74) is 2.00. The zero-order chi connectivity index (χ0) is 37.6. The van der Waals surface area contributed by atoms with Crippen molar-refractivity contribution in [2.75, 3.05) is 76.1 Å². The number of carbonyl (C=O) groups excluding carboxylic acids is 2. The molecule has 0 aliphatic carbocycles. The van der Waals surface area contributed by atoms with Crippen molar-refractivity contribution >= 4 is 52.1 Å². The smallest absolute Gasteiger partial charge is 0.306 e. The van der Waals surface area contributed by atoms with Gasteiger partial charge in [-0.05, 0) is 84.9 Å². The minimum absolute atomic E-state index is 0.132. The number of hydrogen-bond acceptors (Lipinski definition) is 12. The van der Waals surface area contributed by atoms with E-state index in [9.17, 15) is 19.8 Å². The normalized spacial score (nSPS) is 14.0. The Hall–Kier alpha value is -2.05. The third-order valence-corrected chi connectivity index (χ3v) is 17.2. The van der Waals surface area contributed by atoms with Gasteiger partial charge >= 0.3 is 11.9 Å². The molecule has 0 aliphatic heterocycles. The van der Waals surface area contributed by atoms with Crippen molar-refractivity contribution < 1.29 is 47.6 Å². The number of esters is 2. The third-order valence-electron chi connectivity index (χ3n) is 8.93. The number of hydrogen-bond donors (Lipinski definition) is 2. The van der Waals surface area contributed by atoms with Crippen LogP contribution in [-0.4, -0.2) is 115 Å². The van der Waals surface area contributed by atoms with Crippen LogP contribution in [0.15, 0.2) is 48.5 Å². The van der Waals surface area contributed by atoms with E-state index < -0.39 is 16.6 Å². The van der Waals surface area contributed by atoms with Gasteiger partial charge in [0, 0.05) is 31.1 Å². The van der Waals surface area contributed by atoms with Gasteiger partial charge in [0.05, 0.1) is 25.3 Å². The van der Waals surface area contributed by atoms with Gasteiger partial charge in [-0.25, -0.2) is 0 Å². The molecule has 0 aromatic heterocycles. The number of thioether (sulfide) groups is 2. The lowest BCUT2D eigenvalue weighted by Gasteiger charge is -2.26. The second kappa shape index (κ2) is 24.3. The average molecular weight is 785 g/mol. The average Bonchev–Trinajstić information content (AvgIpc) is 3.14. The summed E-state index contributed by atoms with van der Waals surface area (Å²) < 4.78 is 33.2. The molecule has 0 heterocycles. The summed E-state index contributed by atoms with van der Waals surface area (Å²) in [5, 5.41) is 18.9. The molecule has 0 amide bonds. The van der Waals surface area contributed by atoms with Crippen LogP contribution in [-0.2, 0) is 33.3 Å². The SMILES string of the molecule is CO[Si](C)(CO)CCCSCCC(=O)OCCOc1ccc(C(C)(C)c2ccc(OCCOC(=O)CCSCCC[Si](C)(CO)OC)cc2)cc1. The van der Waals surface area contributed by atoms with E-state index in [0.717, 1.165) is 47.6 Å². The molecule has 0 bridgehead atoms. The predicted octanol–water partition coefficient (Wildman–Crippen LogP) is 6.39. The van der Waals surface area contributed by atoms with Crippen molar-refractivity contribution in [1.29, 1.82) is 0 Å². The van der Waals surface area contributed by atoms with E-state index >= 15 is 0 Å². The third kappa shape index (κ3) is 17.6. The highest BCUT2D eigenvalue weighted by molar-refractivity contribution is 7.99. The van der Waals surface area contributed by atoms with Crippen LogP contribution in [0.3, 0.4) is 0 Å². The molecular weight excluding hydrogens is 725 g/mol. The molecule has 0 fully saturated rings. The second-order valence-corrected chi connectivity index (χ2v) is 24.1. The Morgan fingerprint density at radius 1 is 0.627 bits per heavy atom. The van der Waals surface area contributed by atoms with Crippen molar-refractivity contribution in [1.82, 2.24) is 0 Å².